The lowest BCUT2D eigenvalue weighted by Gasteiger charge is -2.11. The van der Waals surface area contributed by atoms with E-state index in [0.29, 0.717) is 5.75 Å². The molecule has 8 nitrogen and oxygen atoms in total. The van der Waals surface area contributed by atoms with Crippen molar-refractivity contribution in [2.75, 3.05) is 18.9 Å². The van der Waals surface area contributed by atoms with E-state index in [1.54, 1.807) is 12.1 Å². The van der Waals surface area contributed by atoms with Crippen LogP contribution in [0.5, 0.6) is 11.5 Å². The molecule has 0 amide bonds. The summed E-state index contributed by atoms with van der Waals surface area (Å²) in [5, 5.41) is 9.27. The second kappa shape index (κ2) is 6.86. The largest absolute Gasteiger partial charge is 0.497 e. The number of carbonyl (C=O) groups excluding carboxylic acids is 1. The highest BCUT2D eigenvalue weighted by Crippen LogP contribution is 2.32. The summed E-state index contributed by atoms with van der Waals surface area (Å²) in [5.74, 6) is -0.180. The smallest absolute Gasteiger partial charge is 0.268 e. The van der Waals surface area contributed by atoms with Crippen molar-refractivity contribution in [2.45, 2.75) is 18.7 Å². The predicted molar refractivity (Wildman–Crippen MR) is 88.5 cm³/mol. The van der Waals surface area contributed by atoms with Gasteiger partial charge in [-0.1, -0.05) is 0 Å². The average molecular weight is 364 g/mol. The first kappa shape index (κ1) is 18.4. The molecular weight excluding hydrogens is 348 g/mol. The fourth-order valence-corrected chi connectivity index (χ4v) is 3.50. The van der Waals surface area contributed by atoms with Crippen LogP contribution < -0.4 is 14.2 Å². The summed E-state index contributed by atoms with van der Waals surface area (Å²) in [6.45, 7) is 2.74. The third-order valence-electron chi connectivity index (χ3n) is 3.44. The molecule has 2 aromatic rings. The number of nitrogens with zero attached hydrogens (tertiary/aromatic N) is 1. The topological polar surface area (TPSA) is 119 Å². The lowest BCUT2D eigenvalue weighted by Crippen LogP contribution is -2.14. The summed E-state index contributed by atoms with van der Waals surface area (Å²) in [7, 11) is -1.44. The molecule has 0 unspecified atom stereocenters. The van der Waals surface area contributed by atoms with Gasteiger partial charge in [0.25, 0.3) is 10.0 Å². The van der Waals surface area contributed by atoms with Gasteiger partial charge in [0, 0.05) is 6.07 Å². The van der Waals surface area contributed by atoms with Crippen molar-refractivity contribution in [3.63, 3.8) is 0 Å². The lowest BCUT2D eigenvalue weighted by molar-refractivity contribution is 0.101. The van der Waals surface area contributed by atoms with Crippen molar-refractivity contribution in [3.8, 4) is 17.6 Å². The van der Waals surface area contributed by atoms with Crippen LogP contribution in [0.25, 0.3) is 0 Å². The van der Waals surface area contributed by atoms with Gasteiger partial charge in [-0.25, -0.2) is 13.1 Å². The van der Waals surface area contributed by atoms with Crippen molar-refractivity contribution >= 4 is 21.7 Å². The standard InChI is InChI=1S/C16H16N2O6S/c1-9(19)15-10(2)24-16(12(15)8-17)18-25(20,21)14-7-11(22-3)5-6-13(14)23-4/h5-7,18H,1-4H3. The van der Waals surface area contributed by atoms with Crippen LogP contribution >= 0.6 is 0 Å². The van der Waals surface area contributed by atoms with Gasteiger partial charge < -0.3 is 13.9 Å². The van der Waals surface area contributed by atoms with E-state index in [1.807, 2.05) is 0 Å². The van der Waals surface area contributed by atoms with Gasteiger partial charge in [0.05, 0.1) is 19.8 Å². The molecule has 1 aromatic carbocycles. The molecule has 0 aliphatic rings. The average Bonchev–Trinajstić information content (AvgIpc) is 2.88. The number of furan rings is 1. The van der Waals surface area contributed by atoms with Crippen LogP contribution in [0.2, 0.25) is 0 Å². The first-order valence-corrected chi connectivity index (χ1v) is 8.52. The van der Waals surface area contributed by atoms with E-state index >= 15 is 0 Å². The van der Waals surface area contributed by atoms with Crippen molar-refractivity contribution < 1.29 is 27.1 Å². The molecule has 1 aromatic heterocycles. The molecule has 132 valence electrons. The number of aryl methyl sites for hydroxylation is 1. The number of rotatable bonds is 6. The number of hydrogen-bond acceptors (Lipinski definition) is 7. The third kappa shape index (κ3) is 3.44. The van der Waals surface area contributed by atoms with Gasteiger partial charge in [-0.2, -0.15) is 5.26 Å². The molecule has 0 aliphatic heterocycles. The zero-order valence-corrected chi connectivity index (χ0v) is 14.9. The number of ketones is 1. The van der Waals surface area contributed by atoms with E-state index in [9.17, 15) is 18.5 Å². The van der Waals surface area contributed by atoms with Gasteiger partial charge in [0.2, 0.25) is 5.88 Å². The number of Topliss-reactive ketones (excluding diaryl/α,β-unsaturated/α-hetero) is 1. The molecule has 0 radical (unpaired) electrons. The minimum absolute atomic E-state index is 0.0396. The molecule has 1 heterocycles. The number of anilines is 1. The monoisotopic (exact) mass is 364 g/mol. The van der Waals surface area contributed by atoms with Crippen molar-refractivity contribution in [1.29, 1.82) is 5.26 Å². The molecule has 0 saturated carbocycles. The summed E-state index contributed by atoms with van der Waals surface area (Å²) < 4.78 is 43.0. The molecule has 9 heteroatoms. The van der Waals surface area contributed by atoms with Crippen LogP contribution in [-0.4, -0.2) is 28.4 Å². The molecule has 0 saturated heterocycles. The predicted octanol–water partition coefficient (Wildman–Crippen LogP) is 2.48. The van der Waals surface area contributed by atoms with Gasteiger partial charge in [0.1, 0.15) is 33.8 Å². The first-order chi connectivity index (χ1) is 11.7. The summed E-state index contributed by atoms with van der Waals surface area (Å²) in [4.78, 5) is 11.5. The number of benzene rings is 1. The van der Waals surface area contributed by atoms with E-state index in [-0.39, 0.29) is 33.4 Å². The molecule has 1 N–H and O–H groups in total. The highest BCUT2D eigenvalue weighted by Gasteiger charge is 2.27. The van der Waals surface area contributed by atoms with Gasteiger partial charge >= 0.3 is 0 Å². The Hall–Kier alpha value is -2.99. The summed E-state index contributed by atoms with van der Waals surface area (Å²) >= 11 is 0. The van der Waals surface area contributed by atoms with E-state index in [2.05, 4.69) is 4.72 Å². The van der Waals surface area contributed by atoms with E-state index in [1.165, 1.54) is 40.2 Å². The van der Waals surface area contributed by atoms with Gasteiger partial charge in [-0.15, -0.1) is 0 Å². The molecule has 25 heavy (non-hydrogen) atoms. The second-order valence-electron chi connectivity index (χ2n) is 5.03. The summed E-state index contributed by atoms with van der Waals surface area (Å²) in [5.41, 5.74) is -0.131. The maximum absolute atomic E-state index is 12.7. The van der Waals surface area contributed by atoms with Crippen LogP contribution in [0.3, 0.4) is 0 Å². The molecule has 0 atom stereocenters. The van der Waals surface area contributed by atoms with E-state index in [4.69, 9.17) is 13.9 Å². The number of sulfonamides is 1. The fraction of sp³-hybridized carbons (Fsp3) is 0.250. The minimum Gasteiger partial charge on any atom is -0.497 e. The van der Waals surface area contributed by atoms with E-state index < -0.39 is 15.8 Å². The zero-order chi connectivity index (χ0) is 18.8. The quantitative estimate of drug-likeness (QED) is 0.782. The molecule has 0 spiro atoms. The number of nitriles is 1. The number of nitrogens with one attached hydrogen (secondary N) is 1. The number of hydrogen-bond donors (Lipinski definition) is 1. The summed E-state index contributed by atoms with van der Waals surface area (Å²) in [6.07, 6.45) is 0. The van der Waals surface area contributed by atoms with Crippen molar-refractivity contribution in [1.82, 2.24) is 0 Å². The molecular formula is C16H16N2O6S. The van der Waals surface area contributed by atoms with Crippen molar-refractivity contribution in [3.05, 3.63) is 35.1 Å². The Morgan fingerprint density at radius 1 is 1.28 bits per heavy atom. The lowest BCUT2D eigenvalue weighted by atomic mass is 10.1. The Kier molecular flexibility index (Phi) is 5.04. The fourth-order valence-electron chi connectivity index (χ4n) is 2.32. The van der Waals surface area contributed by atoms with Crippen molar-refractivity contribution in [2.24, 2.45) is 0 Å². The first-order valence-electron chi connectivity index (χ1n) is 7.04. The highest BCUT2D eigenvalue weighted by atomic mass is 32.2. The second-order valence-corrected chi connectivity index (χ2v) is 6.68. The molecule has 0 fully saturated rings. The van der Waals surface area contributed by atoms with Crippen LogP contribution in [0, 0.1) is 18.3 Å². The zero-order valence-electron chi connectivity index (χ0n) is 14.0. The van der Waals surface area contributed by atoms with Crippen LogP contribution in [0.1, 0.15) is 28.6 Å². The van der Waals surface area contributed by atoms with Crippen LogP contribution in [-0.2, 0) is 10.0 Å². The van der Waals surface area contributed by atoms with Crippen LogP contribution in [0.4, 0.5) is 5.88 Å². The third-order valence-corrected chi connectivity index (χ3v) is 4.79. The van der Waals surface area contributed by atoms with Gasteiger partial charge in [-0.3, -0.25) is 4.79 Å². The van der Waals surface area contributed by atoms with Gasteiger partial charge in [-0.05, 0) is 26.0 Å². The maximum Gasteiger partial charge on any atom is 0.268 e. The molecule has 0 aliphatic carbocycles. The van der Waals surface area contributed by atoms with Crippen LogP contribution in [0.15, 0.2) is 27.5 Å². The Balaban J connectivity index is 2.56. The Bertz CT molecular complexity index is 969. The molecule has 2 rings (SSSR count). The highest BCUT2D eigenvalue weighted by molar-refractivity contribution is 7.92. The normalized spacial score (nSPS) is 10.8. The Morgan fingerprint density at radius 2 is 1.96 bits per heavy atom. The van der Waals surface area contributed by atoms with E-state index in [0.717, 1.165) is 0 Å². The maximum atomic E-state index is 12.7. The number of carbonyl (C=O) groups is 1. The molecule has 0 bridgehead atoms. The Labute approximate surface area is 145 Å². The number of ether oxygens (including phenoxy) is 2. The number of methoxy groups -OCH3 is 2. The van der Waals surface area contributed by atoms with Gasteiger partial charge in [0.15, 0.2) is 5.78 Å². The Morgan fingerprint density at radius 3 is 2.48 bits per heavy atom. The minimum atomic E-state index is -4.16. The SMILES string of the molecule is COc1ccc(OC)c(S(=O)(=O)Nc2oc(C)c(C(C)=O)c2C#N)c1. The summed E-state index contributed by atoms with van der Waals surface area (Å²) in [6, 6.07) is 6.05.